The van der Waals surface area contributed by atoms with Crippen LogP contribution in [0.25, 0.3) is 0 Å². The Morgan fingerprint density at radius 1 is 1.21 bits per heavy atom. The molecule has 1 aliphatic rings. The summed E-state index contributed by atoms with van der Waals surface area (Å²) in [5.74, 6) is -0.0471. The van der Waals surface area contributed by atoms with Crippen molar-refractivity contribution >= 4 is 21.7 Å². The van der Waals surface area contributed by atoms with Crippen LogP contribution in [0.3, 0.4) is 0 Å². The van der Waals surface area contributed by atoms with Gasteiger partial charge in [-0.05, 0) is 31.0 Å². The Bertz CT molecular complexity index is 821. The van der Waals surface area contributed by atoms with Gasteiger partial charge in [0.2, 0.25) is 5.95 Å². The third-order valence-electron chi connectivity index (χ3n) is 3.69. The van der Waals surface area contributed by atoms with Crippen LogP contribution in [0.4, 0.5) is 16.0 Å². The zero-order valence-electron chi connectivity index (χ0n) is 13.1. The maximum atomic E-state index is 13.4. The number of rotatable bonds is 5. The predicted octanol–water partition coefficient (Wildman–Crippen LogP) is 2.03. The normalized spacial score (nSPS) is 14.7. The first-order valence-corrected chi connectivity index (χ1v) is 8.91. The Kier molecular flexibility index (Phi) is 4.52. The molecule has 1 N–H and O–H groups in total. The van der Waals surface area contributed by atoms with Crippen molar-refractivity contribution in [2.45, 2.75) is 17.7 Å². The number of halogens is 1. The van der Waals surface area contributed by atoms with Gasteiger partial charge >= 0.3 is 0 Å². The highest BCUT2D eigenvalue weighted by molar-refractivity contribution is 7.92. The molecule has 24 heavy (non-hydrogen) atoms. The van der Waals surface area contributed by atoms with E-state index in [0.717, 1.165) is 38.1 Å². The third-order valence-corrected chi connectivity index (χ3v) is 5.10. The molecule has 0 radical (unpaired) electrons. The van der Waals surface area contributed by atoms with Crippen molar-refractivity contribution < 1.29 is 17.5 Å². The quantitative estimate of drug-likeness (QED) is 0.886. The first-order valence-electron chi connectivity index (χ1n) is 7.43. The number of nitrogens with zero attached hydrogens (tertiary/aromatic N) is 3. The van der Waals surface area contributed by atoms with E-state index in [2.05, 4.69) is 14.7 Å². The van der Waals surface area contributed by atoms with E-state index >= 15 is 0 Å². The molecule has 1 aromatic carbocycles. The number of hydrogen-bond donors (Lipinski definition) is 1. The largest absolute Gasteiger partial charge is 0.495 e. The Morgan fingerprint density at radius 3 is 2.50 bits per heavy atom. The molecule has 0 unspecified atom stereocenters. The third kappa shape index (κ3) is 3.40. The molecular formula is C15H17FN4O3S. The molecule has 0 atom stereocenters. The molecule has 3 rings (SSSR count). The molecule has 0 saturated carbocycles. The lowest BCUT2D eigenvalue weighted by atomic mass is 10.3. The fourth-order valence-electron chi connectivity index (χ4n) is 2.53. The van der Waals surface area contributed by atoms with Crippen molar-refractivity contribution in [1.82, 2.24) is 9.97 Å². The molecule has 1 aliphatic heterocycles. The molecule has 128 valence electrons. The summed E-state index contributed by atoms with van der Waals surface area (Å²) in [4.78, 5) is 10.1. The van der Waals surface area contributed by atoms with Gasteiger partial charge in [-0.1, -0.05) is 0 Å². The number of methoxy groups -OCH3 is 1. The van der Waals surface area contributed by atoms with E-state index in [1.165, 1.54) is 25.6 Å². The van der Waals surface area contributed by atoms with Gasteiger partial charge in [0.1, 0.15) is 16.5 Å². The van der Waals surface area contributed by atoms with Crippen LogP contribution >= 0.6 is 0 Å². The Hall–Kier alpha value is -2.42. The lowest BCUT2D eigenvalue weighted by molar-refractivity contribution is 0.401. The van der Waals surface area contributed by atoms with Crippen LogP contribution in [0.2, 0.25) is 0 Å². The molecule has 0 spiro atoms. The summed E-state index contributed by atoms with van der Waals surface area (Å²) in [5, 5.41) is 0. The smallest absolute Gasteiger partial charge is 0.265 e. The van der Waals surface area contributed by atoms with Gasteiger partial charge in [-0.2, -0.15) is 0 Å². The van der Waals surface area contributed by atoms with Gasteiger partial charge in [-0.25, -0.2) is 22.8 Å². The maximum absolute atomic E-state index is 13.4. The van der Waals surface area contributed by atoms with Gasteiger partial charge in [0.25, 0.3) is 10.0 Å². The molecule has 2 heterocycles. The SMILES string of the molecule is COc1ccc(F)cc1S(=O)(=O)Nc1cnc(N2CCCC2)nc1. The van der Waals surface area contributed by atoms with Crippen LogP contribution in [0, 0.1) is 5.82 Å². The number of ether oxygens (including phenoxy) is 1. The Labute approximate surface area is 139 Å². The average Bonchev–Trinajstić information content (AvgIpc) is 3.10. The summed E-state index contributed by atoms with van der Waals surface area (Å²) in [6.45, 7) is 1.79. The molecule has 9 heteroatoms. The van der Waals surface area contributed by atoms with Gasteiger partial charge in [0.05, 0.1) is 25.2 Å². The van der Waals surface area contributed by atoms with Gasteiger partial charge in [-0.3, -0.25) is 4.72 Å². The number of anilines is 2. The Balaban J connectivity index is 1.83. The summed E-state index contributed by atoms with van der Waals surface area (Å²) in [6, 6.07) is 3.29. The van der Waals surface area contributed by atoms with Crippen molar-refractivity contribution in [1.29, 1.82) is 0 Å². The summed E-state index contributed by atoms with van der Waals surface area (Å²) in [7, 11) is -2.70. The second-order valence-corrected chi connectivity index (χ2v) is 7.02. The van der Waals surface area contributed by atoms with Gasteiger partial charge < -0.3 is 9.64 Å². The summed E-state index contributed by atoms with van der Waals surface area (Å²) < 4.78 is 45.6. The van der Waals surface area contributed by atoms with E-state index in [-0.39, 0.29) is 16.3 Å². The van der Waals surface area contributed by atoms with E-state index in [1.807, 2.05) is 4.90 Å². The topological polar surface area (TPSA) is 84.4 Å². The molecule has 0 amide bonds. The summed E-state index contributed by atoms with van der Waals surface area (Å²) >= 11 is 0. The fourth-order valence-corrected chi connectivity index (χ4v) is 3.73. The lowest BCUT2D eigenvalue weighted by Gasteiger charge is -2.15. The van der Waals surface area contributed by atoms with Crippen LogP contribution in [0.1, 0.15) is 12.8 Å². The minimum Gasteiger partial charge on any atom is -0.495 e. The molecule has 2 aromatic rings. The van der Waals surface area contributed by atoms with Crippen molar-refractivity contribution in [2.75, 3.05) is 29.8 Å². The highest BCUT2D eigenvalue weighted by Gasteiger charge is 2.21. The minimum absolute atomic E-state index is 0.0542. The zero-order valence-corrected chi connectivity index (χ0v) is 13.9. The van der Waals surface area contributed by atoms with E-state index in [4.69, 9.17) is 4.74 Å². The van der Waals surface area contributed by atoms with E-state index in [9.17, 15) is 12.8 Å². The van der Waals surface area contributed by atoms with Crippen molar-refractivity contribution in [3.63, 3.8) is 0 Å². The fraction of sp³-hybridized carbons (Fsp3) is 0.333. The summed E-state index contributed by atoms with van der Waals surface area (Å²) in [6.07, 6.45) is 4.97. The first-order chi connectivity index (χ1) is 11.5. The van der Waals surface area contributed by atoms with Crippen LogP contribution in [0.5, 0.6) is 5.75 Å². The molecule has 7 nitrogen and oxygen atoms in total. The van der Waals surface area contributed by atoms with Crippen LogP contribution < -0.4 is 14.4 Å². The van der Waals surface area contributed by atoms with Crippen LogP contribution in [-0.4, -0.2) is 38.6 Å². The first kappa shape index (κ1) is 16.4. The van der Waals surface area contributed by atoms with Crippen LogP contribution in [0.15, 0.2) is 35.5 Å². The molecule has 0 aliphatic carbocycles. The standard InChI is InChI=1S/C15H17FN4O3S/c1-23-13-5-4-11(16)8-14(13)24(21,22)19-12-9-17-15(18-10-12)20-6-2-3-7-20/h4-5,8-10,19H,2-3,6-7H2,1H3. The van der Waals surface area contributed by atoms with Gasteiger partial charge in [-0.15, -0.1) is 0 Å². The number of benzene rings is 1. The number of hydrogen-bond acceptors (Lipinski definition) is 6. The number of nitrogens with one attached hydrogen (secondary N) is 1. The zero-order chi connectivity index (χ0) is 17.2. The van der Waals surface area contributed by atoms with E-state index < -0.39 is 15.8 Å². The van der Waals surface area contributed by atoms with Crippen molar-refractivity contribution in [3.8, 4) is 5.75 Å². The Morgan fingerprint density at radius 2 is 1.88 bits per heavy atom. The summed E-state index contributed by atoms with van der Waals surface area (Å²) in [5.41, 5.74) is 0.198. The van der Waals surface area contributed by atoms with Crippen LogP contribution in [-0.2, 0) is 10.0 Å². The molecule has 1 saturated heterocycles. The molecule has 1 fully saturated rings. The highest BCUT2D eigenvalue weighted by Crippen LogP contribution is 2.26. The van der Waals surface area contributed by atoms with E-state index in [0.29, 0.717) is 5.95 Å². The number of aromatic nitrogens is 2. The molecule has 1 aromatic heterocycles. The minimum atomic E-state index is -4.02. The highest BCUT2D eigenvalue weighted by atomic mass is 32.2. The maximum Gasteiger partial charge on any atom is 0.265 e. The monoisotopic (exact) mass is 352 g/mol. The molecule has 0 bridgehead atoms. The molecular weight excluding hydrogens is 335 g/mol. The second-order valence-electron chi connectivity index (χ2n) is 5.37. The van der Waals surface area contributed by atoms with E-state index in [1.54, 1.807) is 0 Å². The second kappa shape index (κ2) is 6.60. The van der Waals surface area contributed by atoms with Gasteiger partial charge in [0, 0.05) is 13.1 Å². The van der Waals surface area contributed by atoms with Crippen molar-refractivity contribution in [3.05, 3.63) is 36.4 Å². The average molecular weight is 352 g/mol. The lowest BCUT2D eigenvalue weighted by Crippen LogP contribution is -2.20. The number of sulfonamides is 1. The predicted molar refractivity (Wildman–Crippen MR) is 87.2 cm³/mol. The van der Waals surface area contributed by atoms with Crippen molar-refractivity contribution in [2.24, 2.45) is 0 Å². The van der Waals surface area contributed by atoms with Gasteiger partial charge in [0.15, 0.2) is 0 Å².